The fourth-order valence-corrected chi connectivity index (χ4v) is 4.05. The molecular weight excluding hydrogens is 528 g/mol. The highest BCUT2D eigenvalue weighted by molar-refractivity contribution is 9.10. The third-order valence-corrected chi connectivity index (χ3v) is 6.01. The second-order valence-corrected chi connectivity index (χ2v) is 10.1. The summed E-state index contributed by atoms with van der Waals surface area (Å²) >= 11 is 3.40. The Morgan fingerprint density at radius 3 is 2.39 bits per heavy atom. The smallest absolute Gasteiger partial charge is 0.410 e. The highest BCUT2D eigenvalue weighted by Crippen LogP contribution is 2.26. The van der Waals surface area contributed by atoms with Crippen LogP contribution < -0.4 is 20.9 Å². The number of benzene rings is 1. The number of pyridine rings is 1. The summed E-state index contributed by atoms with van der Waals surface area (Å²) in [5, 5.41) is 9.08. The molecule has 0 bridgehead atoms. The number of halogens is 1. The molecule has 0 unspecified atom stereocenters. The lowest BCUT2D eigenvalue weighted by molar-refractivity contribution is 0.0240. The van der Waals surface area contributed by atoms with Crippen LogP contribution in [-0.4, -0.2) is 70.8 Å². The number of anilines is 4. The molecule has 1 aromatic carbocycles. The van der Waals surface area contributed by atoms with E-state index in [-0.39, 0.29) is 12.1 Å². The molecular formula is C24H29BrN8O3. The predicted molar refractivity (Wildman–Crippen MR) is 143 cm³/mol. The van der Waals surface area contributed by atoms with Crippen LogP contribution in [0.5, 0.6) is 0 Å². The van der Waals surface area contributed by atoms with Gasteiger partial charge in [0.2, 0.25) is 5.95 Å². The van der Waals surface area contributed by atoms with E-state index < -0.39 is 5.60 Å². The molecule has 0 spiro atoms. The minimum absolute atomic E-state index is 0.268. The van der Waals surface area contributed by atoms with Crippen LogP contribution in [0.4, 0.5) is 32.7 Å². The Morgan fingerprint density at radius 2 is 1.75 bits per heavy atom. The second kappa shape index (κ2) is 10.5. The van der Waals surface area contributed by atoms with Gasteiger partial charge < -0.3 is 25.2 Å². The summed E-state index contributed by atoms with van der Waals surface area (Å²) in [4.78, 5) is 41.2. The number of carbonyl (C=O) groups is 2. The molecule has 0 saturated carbocycles. The van der Waals surface area contributed by atoms with Crippen molar-refractivity contribution in [3.05, 3.63) is 41.0 Å². The highest BCUT2D eigenvalue weighted by atomic mass is 79.9. The quantitative estimate of drug-likeness (QED) is 0.433. The number of amides is 3. The first-order valence-electron chi connectivity index (χ1n) is 11.5. The molecule has 0 radical (unpaired) electrons. The van der Waals surface area contributed by atoms with Crippen LogP contribution >= 0.6 is 15.9 Å². The van der Waals surface area contributed by atoms with E-state index in [0.29, 0.717) is 35.0 Å². The van der Waals surface area contributed by atoms with Gasteiger partial charge in [-0.15, -0.1) is 0 Å². The van der Waals surface area contributed by atoms with E-state index >= 15 is 0 Å². The van der Waals surface area contributed by atoms with E-state index in [1.54, 1.807) is 17.2 Å². The number of hydrogen-bond donors (Lipinski definition) is 3. The van der Waals surface area contributed by atoms with Crippen molar-refractivity contribution in [1.82, 2.24) is 25.2 Å². The lowest BCUT2D eigenvalue weighted by Gasteiger charge is -2.36. The van der Waals surface area contributed by atoms with Crippen LogP contribution in [0.15, 0.2) is 41.0 Å². The molecule has 36 heavy (non-hydrogen) atoms. The van der Waals surface area contributed by atoms with E-state index in [0.717, 1.165) is 29.9 Å². The molecule has 1 aliphatic heterocycles. The van der Waals surface area contributed by atoms with E-state index in [9.17, 15) is 9.59 Å². The molecule has 1 saturated heterocycles. The zero-order chi connectivity index (χ0) is 25.9. The van der Waals surface area contributed by atoms with Gasteiger partial charge in [-0.2, -0.15) is 4.98 Å². The average Bonchev–Trinajstić information content (AvgIpc) is 2.84. The number of fused-ring (bicyclic) bond motifs is 1. The Bertz CT molecular complexity index is 1250. The average molecular weight is 557 g/mol. The zero-order valence-electron chi connectivity index (χ0n) is 20.6. The maximum absolute atomic E-state index is 12.3. The summed E-state index contributed by atoms with van der Waals surface area (Å²) in [6.07, 6.45) is 1.40. The molecule has 11 nitrogen and oxygen atoms in total. The van der Waals surface area contributed by atoms with Gasteiger partial charge in [-0.25, -0.2) is 19.6 Å². The summed E-state index contributed by atoms with van der Waals surface area (Å²) in [5.74, 6) is 0.754. The van der Waals surface area contributed by atoms with Crippen molar-refractivity contribution in [3.8, 4) is 0 Å². The van der Waals surface area contributed by atoms with Gasteiger partial charge in [0.05, 0.1) is 4.47 Å². The van der Waals surface area contributed by atoms with Gasteiger partial charge in [-0.1, -0.05) is 0 Å². The summed E-state index contributed by atoms with van der Waals surface area (Å²) in [6.45, 7) is 8.30. The van der Waals surface area contributed by atoms with Crippen molar-refractivity contribution >= 4 is 62.2 Å². The van der Waals surface area contributed by atoms with Crippen molar-refractivity contribution in [3.63, 3.8) is 0 Å². The van der Waals surface area contributed by atoms with Crippen LogP contribution in [0.3, 0.4) is 0 Å². The maximum atomic E-state index is 12.3. The zero-order valence-corrected chi connectivity index (χ0v) is 22.2. The largest absolute Gasteiger partial charge is 0.444 e. The molecule has 4 rings (SSSR count). The molecule has 0 atom stereocenters. The molecule has 3 amide bonds. The number of nitrogens with one attached hydrogen (secondary N) is 3. The first-order chi connectivity index (χ1) is 17.1. The SMILES string of the molecule is CNC(=O)Nc1nc2nc(Nc3ccc(N4CCN(C(=O)OC(C)(C)C)CC4)cc3)ncc2cc1Br. The number of piperazine rings is 1. The molecule has 1 fully saturated rings. The first-order valence-corrected chi connectivity index (χ1v) is 12.3. The highest BCUT2D eigenvalue weighted by Gasteiger charge is 2.26. The summed E-state index contributed by atoms with van der Waals surface area (Å²) in [6, 6.07) is 9.38. The standard InChI is InChI=1S/C24H29BrN8O3/c1-24(2,3)36-23(35)33-11-9-32(10-12-33)17-7-5-16(6-8-17)28-21-27-14-15-13-18(25)20(29-19(15)30-21)31-22(34)26-4/h5-8,13-14H,9-12H2,1-4H3,(H3,26,27,28,29,30,31,34). The third-order valence-electron chi connectivity index (χ3n) is 5.40. The minimum Gasteiger partial charge on any atom is -0.444 e. The first kappa shape index (κ1) is 25.4. The molecule has 190 valence electrons. The molecule has 3 N–H and O–H groups in total. The molecule has 12 heteroatoms. The second-order valence-electron chi connectivity index (χ2n) is 9.26. The van der Waals surface area contributed by atoms with Gasteiger partial charge in [0.15, 0.2) is 11.5 Å². The van der Waals surface area contributed by atoms with Crippen molar-refractivity contribution in [2.24, 2.45) is 0 Å². The van der Waals surface area contributed by atoms with Crippen molar-refractivity contribution in [2.45, 2.75) is 26.4 Å². The number of urea groups is 1. The van der Waals surface area contributed by atoms with E-state index in [1.165, 1.54) is 7.05 Å². The van der Waals surface area contributed by atoms with Crippen LogP contribution in [0.25, 0.3) is 11.0 Å². The number of aromatic nitrogens is 3. The fraction of sp³-hybridized carbons (Fsp3) is 0.375. The van der Waals surface area contributed by atoms with Crippen molar-refractivity contribution in [1.29, 1.82) is 0 Å². The van der Waals surface area contributed by atoms with Crippen LogP contribution in [-0.2, 0) is 4.74 Å². The monoisotopic (exact) mass is 556 g/mol. The Morgan fingerprint density at radius 1 is 1.06 bits per heavy atom. The number of ether oxygens (including phenoxy) is 1. The van der Waals surface area contributed by atoms with Crippen molar-refractivity contribution < 1.29 is 14.3 Å². The Hall–Kier alpha value is -3.67. The predicted octanol–water partition coefficient (Wildman–Crippen LogP) is 4.34. The summed E-state index contributed by atoms with van der Waals surface area (Å²) in [5.41, 5.74) is 1.84. The number of rotatable bonds is 4. The molecule has 2 aromatic heterocycles. The number of hydrogen-bond acceptors (Lipinski definition) is 8. The van der Waals surface area contributed by atoms with Gasteiger partial charge in [0.1, 0.15) is 5.60 Å². The Balaban J connectivity index is 1.39. The van der Waals surface area contributed by atoms with Crippen LogP contribution in [0.2, 0.25) is 0 Å². The summed E-state index contributed by atoms with van der Waals surface area (Å²) < 4.78 is 6.10. The molecule has 0 aliphatic carbocycles. The Kier molecular flexibility index (Phi) is 7.43. The van der Waals surface area contributed by atoms with E-state index in [4.69, 9.17) is 4.74 Å². The molecule has 1 aliphatic rings. The maximum Gasteiger partial charge on any atom is 0.410 e. The van der Waals surface area contributed by atoms with Gasteiger partial charge in [-0.3, -0.25) is 5.32 Å². The normalized spacial score (nSPS) is 13.9. The lowest BCUT2D eigenvalue weighted by atomic mass is 10.2. The van der Waals surface area contributed by atoms with Gasteiger partial charge in [0, 0.05) is 56.2 Å². The lowest BCUT2D eigenvalue weighted by Crippen LogP contribution is -2.50. The molecule has 3 aromatic rings. The van der Waals surface area contributed by atoms with Gasteiger partial charge in [-0.05, 0) is 67.0 Å². The summed E-state index contributed by atoms with van der Waals surface area (Å²) in [7, 11) is 1.53. The van der Waals surface area contributed by atoms with E-state index in [2.05, 4.69) is 51.7 Å². The van der Waals surface area contributed by atoms with Gasteiger partial charge in [0.25, 0.3) is 0 Å². The Labute approximate surface area is 217 Å². The number of carbonyl (C=O) groups excluding carboxylic acids is 2. The van der Waals surface area contributed by atoms with Crippen molar-refractivity contribution in [2.75, 3.05) is 48.8 Å². The molecule has 3 heterocycles. The van der Waals surface area contributed by atoms with Gasteiger partial charge >= 0.3 is 12.1 Å². The minimum atomic E-state index is -0.497. The van der Waals surface area contributed by atoms with E-state index in [1.807, 2.05) is 45.0 Å². The topological polar surface area (TPSA) is 125 Å². The third kappa shape index (κ3) is 6.30. The van der Waals surface area contributed by atoms with Crippen LogP contribution in [0, 0.1) is 0 Å². The fourth-order valence-electron chi connectivity index (χ4n) is 3.61. The number of nitrogens with zero attached hydrogens (tertiary/aromatic N) is 5. The van der Waals surface area contributed by atoms with Crippen LogP contribution in [0.1, 0.15) is 20.8 Å².